The second-order valence-electron chi connectivity index (χ2n) is 3.56. The molecule has 0 fully saturated rings. The Kier molecular flexibility index (Phi) is 4.82. The largest absolute Gasteiger partial charge is 0.396 e. The molecular weight excluding hydrogens is 210 g/mol. The van der Waals surface area contributed by atoms with E-state index in [1.807, 2.05) is 18.2 Å². The van der Waals surface area contributed by atoms with Crippen LogP contribution < -0.4 is 5.32 Å². The van der Waals surface area contributed by atoms with Crippen molar-refractivity contribution in [3.8, 4) is 0 Å². The summed E-state index contributed by atoms with van der Waals surface area (Å²) in [7, 11) is 0. The first kappa shape index (κ1) is 12.2. The van der Waals surface area contributed by atoms with E-state index in [-0.39, 0.29) is 24.9 Å². The standard InChI is InChI=1S/C12H15NO.ClH/c14-9-11-8-13-7-6-12(11)10-4-2-1-3-5-10;/h1-6,11,13-14H,7-9H2;1H. The van der Waals surface area contributed by atoms with Gasteiger partial charge >= 0.3 is 0 Å². The first-order chi connectivity index (χ1) is 6.92. The van der Waals surface area contributed by atoms with Crippen molar-refractivity contribution in [3.63, 3.8) is 0 Å². The van der Waals surface area contributed by atoms with Gasteiger partial charge in [-0.25, -0.2) is 0 Å². The number of benzene rings is 1. The lowest BCUT2D eigenvalue weighted by molar-refractivity contribution is 0.252. The van der Waals surface area contributed by atoms with Gasteiger partial charge in [0.05, 0.1) is 6.61 Å². The molecule has 1 heterocycles. The number of hydrogen-bond donors (Lipinski definition) is 2. The summed E-state index contributed by atoms with van der Waals surface area (Å²) in [6.45, 7) is 1.99. The molecule has 0 bridgehead atoms. The molecule has 2 rings (SSSR count). The number of nitrogens with one attached hydrogen (secondary N) is 1. The average molecular weight is 226 g/mol. The highest BCUT2D eigenvalue weighted by Crippen LogP contribution is 2.24. The van der Waals surface area contributed by atoms with Crippen molar-refractivity contribution in [2.75, 3.05) is 19.7 Å². The fourth-order valence-electron chi connectivity index (χ4n) is 1.86. The van der Waals surface area contributed by atoms with Crippen molar-refractivity contribution in [2.24, 2.45) is 5.92 Å². The summed E-state index contributed by atoms with van der Waals surface area (Å²) in [6.07, 6.45) is 2.17. The van der Waals surface area contributed by atoms with Gasteiger partial charge in [0.15, 0.2) is 0 Å². The minimum atomic E-state index is 0. The number of hydrogen-bond acceptors (Lipinski definition) is 2. The minimum absolute atomic E-state index is 0. The van der Waals surface area contributed by atoms with Crippen LogP contribution >= 0.6 is 12.4 Å². The molecule has 1 aromatic rings. The highest BCUT2D eigenvalue weighted by molar-refractivity contribution is 5.85. The molecule has 1 aliphatic heterocycles. The quantitative estimate of drug-likeness (QED) is 0.803. The predicted molar refractivity (Wildman–Crippen MR) is 65.1 cm³/mol. The molecule has 0 saturated carbocycles. The lowest BCUT2D eigenvalue weighted by atomic mass is 9.90. The first-order valence-electron chi connectivity index (χ1n) is 4.99. The highest BCUT2D eigenvalue weighted by Gasteiger charge is 2.17. The maximum absolute atomic E-state index is 9.24. The Morgan fingerprint density at radius 2 is 2.00 bits per heavy atom. The summed E-state index contributed by atoms with van der Waals surface area (Å²) in [5, 5.41) is 12.5. The van der Waals surface area contributed by atoms with Crippen LogP contribution in [0.1, 0.15) is 5.56 Å². The van der Waals surface area contributed by atoms with Gasteiger partial charge in [0.2, 0.25) is 0 Å². The maximum Gasteiger partial charge on any atom is 0.0512 e. The minimum Gasteiger partial charge on any atom is -0.396 e. The summed E-state index contributed by atoms with van der Waals surface area (Å²) in [5.41, 5.74) is 2.50. The Morgan fingerprint density at radius 3 is 2.67 bits per heavy atom. The van der Waals surface area contributed by atoms with Gasteiger partial charge in [0.1, 0.15) is 0 Å². The average Bonchev–Trinajstić information content (AvgIpc) is 2.30. The van der Waals surface area contributed by atoms with Crippen LogP contribution in [0.15, 0.2) is 36.4 Å². The molecule has 0 amide bonds. The Hall–Kier alpha value is -0.830. The van der Waals surface area contributed by atoms with Crippen molar-refractivity contribution >= 4 is 18.0 Å². The smallest absolute Gasteiger partial charge is 0.0512 e. The number of rotatable bonds is 2. The monoisotopic (exact) mass is 225 g/mol. The summed E-state index contributed by atoms with van der Waals surface area (Å²) in [5.74, 6) is 0.242. The molecule has 15 heavy (non-hydrogen) atoms. The molecule has 0 radical (unpaired) electrons. The number of aliphatic hydroxyl groups excluding tert-OH is 1. The Labute approximate surface area is 96.4 Å². The van der Waals surface area contributed by atoms with Crippen LogP contribution in [0.5, 0.6) is 0 Å². The second kappa shape index (κ2) is 5.91. The number of halogens is 1. The van der Waals surface area contributed by atoms with Gasteiger partial charge in [-0.3, -0.25) is 0 Å². The van der Waals surface area contributed by atoms with Gasteiger partial charge in [0.25, 0.3) is 0 Å². The van der Waals surface area contributed by atoms with E-state index in [0.717, 1.165) is 13.1 Å². The van der Waals surface area contributed by atoms with E-state index in [9.17, 15) is 5.11 Å². The molecule has 1 aromatic carbocycles. The number of aliphatic hydroxyl groups is 1. The molecule has 1 aliphatic rings. The molecule has 2 nitrogen and oxygen atoms in total. The van der Waals surface area contributed by atoms with Gasteiger partial charge in [-0.1, -0.05) is 36.4 Å². The van der Waals surface area contributed by atoms with E-state index in [1.54, 1.807) is 0 Å². The summed E-state index contributed by atoms with van der Waals surface area (Å²) >= 11 is 0. The molecule has 1 unspecified atom stereocenters. The van der Waals surface area contributed by atoms with Crippen LogP contribution in [0.25, 0.3) is 5.57 Å². The van der Waals surface area contributed by atoms with E-state index in [4.69, 9.17) is 0 Å². The van der Waals surface area contributed by atoms with Crippen LogP contribution in [-0.2, 0) is 0 Å². The molecule has 0 spiro atoms. The lowest BCUT2D eigenvalue weighted by Crippen LogP contribution is -2.30. The van der Waals surface area contributed by atoms with Gasteiger partial charge in [-0.05, 0) is 11.1 Å². The van der Waals surface area contributed by atoms with E-state index in [1.165, 1.54) is 11.1 Å². The van der Waals surface area contributed by atoms with Gasteiger partial charge in [-0.2, -0.15) is 0 Å². The van der Waals surface area contributed by atoms with Gasteiger partial charge < -0.3 is 10.4 Å². The maximum atomic E-state index is 9.24. The third-order valence-electron chi connectivity index (χ3n) is 2.62. The second-order valence-corrected chi connectivity index (χ2v) is 3.56. The molecule has 3 heteroatoms. The van der Waals surface area contributed by atoms with Crippen LogP contribution in [0, 0.1) is 5.92 Å². The fraction of sp³-hybridized carbons (Fsp3) is 0.333. The molecule has 0 aromatic heterocycles. The molecular formula is C12H16ClNO. The SMILES string of the molecule is Cl.OCC1CNCC=C1c1ccccc1. The molecule has 0 aliphatic carbocycles. The molecule has 82 valence electrons. The normalized spacial score (nSPS) is 20.3. The van der Waals surface area contributed by atoms with Crippen molar-refractivity contribution in [1.82, 2.24) is 5.32 Å². The highest BCUT2D eigenvalue weighted by atomic mass is 35.5. The van der Waals surface area contributed by atoms with Crippen molar-refractivity contribution in [3.05, 3.63) is 42.0 Å². The fourth-order valence-corrected chi connectivity index (χ4v) is 1.86. The Bertz CT molecular complexity index is 324. The van der Waals surface area contributed by atoms with Crippen LogP contribution in [0.4, 0.5) is 0 Å². The van der Waals surface area contributed by atoms with Gasteiger partial charge in [-0.15, -0.1) is 12.4 Å². The van der Waals surface area contributed by atoms with E-state index >= 15 is 0 Å². The molecule has 0 saturated heterocycles. The molecule has 1 atom stereocenters. The summed E-state index contributed by atoms with van der Waals surface area (Å²) in [6, 6.07) is 10.3. The van der Waals surface area contributed by atoms with Crippen molar-refractivity contribution in [1.29, 1.82) is 0 Å². The zero-order valence-corrected chi connectivity index (χ0v) is 9.33. The summed E-state index contributed by atoms with van der Waals surface area (Å²) < 4.78 is 0. The third-order valence-corrected chi connectivity index (χ3v) is 2.62. The van der Waals surface area contributed by atoms with Crippen LogP contribution in [0.3, 0.4) is 0 Å². The van der Waals surface area contributed by atoms with E-state index < -0.39 is 0 Å². The first-order valence-corrected chi connectivity index (χ1v) is 4.99. The third kappa shape index (κ3) is 2.81. The zero-order chi connectivity index (χ0) is 9.80. The Morgan fingerprint density at radius 1 is 1.27 bits per heavy atom. The van der Waals surface area contributed by atoms with Crippen molar-refractivity contribution < 1.29 is 5.11 Å². The van der Waals surface area contributed by atoms with E-state index in [2.05, 4.69) is 23.5 Å². The van der Waals surface area contributed by atoms with Crippen molar-refractivity contribution in [2.45, 2.75) is 0 Å². The van der Waals surface area contributed by atoms with Crippen LogP contribution in [0.2, 0.25) is 0 Å². The summed E-state index contributed by atoms with van der Waals surface area (Å²) in [4.78, 5) is 0. The van der Waals surface area contributed by atoms with Crippen LogP contribution in [-0.4, -0.2) is 24.8 Å². The predicted octanol–water partition coefficient (Wildman–Crippen LogP) is 1.70. The van der Waals surface area contributed by atoms with E-state index in [0.29, 0.717) is 0 Å². The zero-order valence-electron chi connectivity index (χ0n) is 8.52. The lowest BCUT2D eigenvalue weighted by Gasteiger charge is -2.23. The van der Waals surface area contributed by atoms with Gasteiger partial charge in [0, 0.05) is 19.0 Å². The molecule has 2 N–H and O–H groups in total. The topological polar surface area (TPSA) is 32.3 Å². The Balaban J connectivity index is 0.00000112.